The average Bonchev–Trinajstić information content (AvgIpc) is 2.37. The first-order valence-electron chi connectivity index (χ1n) is 7.75. The van der Waals surface area contributed by atoms with E-state index in [1.165, 1.54) is 36.9 Å². The van der Waals surface area contributed by atoms with Crippen LogP contribution in [0, 0.1) is 24.2 Å². The van der Waals surface area contributed by atoms with Gasteiger partial charge in [-0.2, -0.15) is 0 Å². The summed E-state index contributed by atoms with van der Waals surface area (Å²) in [4.78, 5) is 0. The van der Waals surface area contributed by atoms with Crippen molar-refractivity contribution < 1.29 is 0 Å². The smallest absolute Gasteiger partial charge is 0.0340 e. The van der Waals surface area contributed by atoms with Gasteiger partial charge in [-0.1, -0.05) is 38.5 Å². The standard InChI is InChI=1S/C18H29N/c1-14-5-11-17(12-6-14)19-13-15-7-9-16(10-8-15)18(2,3)4/h5-6,11-12,15-16,19H,7-10,13H2,1-4H3. The van der Waals surface area contributed by atoms with Crippen molar-refractivity contribution in [3.8, 4) is 0 Å². The molecule has 0 unspecified atom stereocenters. The maximum absolute atomic E-state index is 3.60. The summed E-state index contributed by atoms with van der Waals surface area (Å²) in [6.07, 6.45) is 5.59. The van der Waals surface area contributed by atoms with E-state index in [4.69, 9.17) is 0 Å². The molecule has 0 amide bonds. The van der Waals surface area contributed by atoms with Crippen molar-refractivity contribution in [1.82, 2.24) is 0 Å². The van der Waals surface area contributed by atoms with Gasteiger partial charge in [-0.3, -0.25) is 0 Å². The van der Waals surface area contributed by atoms with Crippen LogP contribution in [-0.2, 0) is 0 Å². The SMILES string of the molecule is Cc1ccc(NCC2CCC(C(C)(C)C)CC2)cc1. The van der Waals surface area contributed by atoms with Crippen LogP contribution in [0.15, 0.2) is 24.3 Å². The fourth-order valence-corrected chi connectivity index (χ4v) is 3.17. The highest BCUT2D eigenvalue weighted by atomic mass is 14.9. The molecule has 0 aromatic heterocycles. The third kappa shape index (κ3) is 4.26. The Hall–Kier alpha value is -0.980. The van der Waals surface area contributed by atoms with Gasteiger partial charge in [0.05, 0.1) is 0 Å². The van der Waals surface area contributed by atoms with Crippen molar-refractivity contribution in [2.45, 2.75) is 53.4 Å². The molecule has 106 valence electrons. The van der Waals surface area contributed by atoms with Crippen LogP contribution in [0.5, 0.6) is 0 Å². The van der Waals surface area contributed by atoms with Crippen LogP contribution in [0.25, 0.3) is 0 Å². The van der Waals surface area contributed by atoms with Gasteiger partial charge in [0.2, 0.25) is 0 Å². The molecule has 0 spiro atoms. The maximum atomic E-state index is 3.60. The fraction of sp³-hybridized carbons (Fsp3) is 0.667. The van der Waals surface area contributed by atoms with Crippen LogP contribution in [-0.4, -0.2) is 6.54 Å². The van der Waals surface area contributed by atoms with Crippen molar-refractivity contribution in [2.24, 2.45) is 17.3 Å². The van der Waals surface area contributed by atoms with Gasteiger partial charge in [0.1, 0.15) is 0 Å². The van der Waals surface area contributed by atoms with E-state index in [1.807, 2.05) is 0 Å². The zero-order chi connectivity index (χ0) is 13.9. The molecule has 0 radical (unpaired) electrons. The third-order valence-electron chi connectivity index (χ3n) is 4.72. The van der Waals surface area contributed by atoms with Gasteiger partial charge >= 0.3 is 0 Å². The molecule has 0 aliphatic heterocycles. The van der Waals surface area contributed by atoms with E-state index in [1.54, 1.807) is 0 Å². The average molecular weight is 259 g/mol. The highest BCUT2D eigenvalue weighted by Gasteiger charge is 2.29. The number of nitrogens with one attached hydrogen (secondary N) is 1. The molecular weight excluding hydrogens is 230 g/mol. The van der Waals surface area contributed by atoms with Crippen LogP contribution in [0.1, 0.15) is 52.0 Å². The summed E-state index contributed by atoms with van der Waals surface area (Å²) in [5.74, 6) is 1.78. The summed E-state index contributed by atoms with van der Waals surface area (Å²) in [5, 5.41) is 3.60. The van der Waals surface area contributed by atoms with Gasteiger partial charge in [0.25, 0.3) is 0 Å². The second-order valence-electron chi connectivity index (χ2n) is 7.33. The Bertz CT molecular complexity index is 377. The maximum Gasteiger partial charge on any atom is 0.0340 e. The van der Waals surface area contributed by atoms with E-state index in [-0.39, 0.29) is 0 Å². The van der Waals surface area contributed by atoms with E-state index in [0.29, 0.717) is 5.41 Å². The van der Waals surface area contributed by atoms with Crippen LogP contribution in [0.2, 0.25) is 0 Å². The monoisotopic (exact) mass is 259 g/mol. The third-order valence-corrected chi connectivity index (χ3v) is 4.72. The highest BCUT2D eigenvalue weighted by Crippen LogP contribution is 2.39. The molecule has 1 N–H and O–H groups in total. The molecular formula is C18H29N. The first-order valence-corrected chi connectivity index (χ1v) is 7.75. The summed E-state index contributed by atoms with van der Waals surface area (Å²) in [5.41, 5.74) is 3.09. The van der Waals surface area contributed by atoms with Crippen molar-refractivity contribution >= 4 is 5.69 Å². The normalized spacial score (nSPS) is 24.2. The summed E-state index contributed by atoms with van der Waals surface area (Å²) in [7, 11) is 0. The first kappa shape index (κ1) is 14.4. The van der Waals surface area contributed by atoms with Gasteiger partial charge < -0.3 is 5.32 Å². The van der Waals surface area contributed by atoms with Crippen molar-refractivity contribution in [2.75, 3.05) is 11.9 Å². The fourth-order valence-electron chi connectivity index (χ4n) is 3.17. The van der Waals surface area contributed by atoms with E-state index in [0.717, 1.165) is 18.4 Å². The molecule has 19 heavy (non-hydrogen) atoms. The highest BCUT2D eigenvalue weighted by molar-refractivity contribution is 5.44. The van der Waals surface area contributed by atoms with Gasteiger partial charge in [0, 0.05) is 12.2 Å². The molecule has 1 saturated carbocycles. The molecule has 2 rings (SSSR count). The van der Waals surface area contributed by atoms with Crippen molar-refractivity contribution in [3.05, 3.63) is 29.8 Å². The molecule has 1 aliphatic carbocycles. The molecule has 1 aliphatic rings. The quantitative estimate of drug-likeness (QED) is 0.780. The van der Waals surface area contributed by atoms with Crippen LogP contribution < -0.4 is 5.32 Å². The van der Waals surface area contributed by atoms with Crippen LogP contribution in [0.3, 0.4) is 0 Å². The summed E-state index contributed by atoms with van der Waals surface area (Å²) in [6, 6.07) is 8.74. The Balaban J connectivity index is 1.75. The summed E-state index contributed by atoms with van der Waals surface area (Å²) >= 11 is 0. The Morgan fingerprint density at radius 1 is 1.00 bits per heavy atom. The zero-order valence-corrected chi connectivity index (χ0v) is 13.0. The van der Waals surface area contributed by atoms with Crippen LogP contribution in [0.4, 0.5) is 5.69 Å². The Labute approximate surface area is 118 Å². The van der Waals surface area contributed by atoms with E-state index in [9.17, 15) is 0 Å². The molecule has 0 heterocycles. The van der Waals surface area contributed by atoms with Gasteiger partial charge in [-0.05, 0) is 62.0 Å². The summed E-state index contributed by atoms with van der Waals surface area (Å²) < 4.78 is 0. The van der Waals surface area contributed by atoms with Gasteiger partial charge in [-0.25, -0.2) is 0 Å². The molecule has 1 aromatic carbocycles. The number of benzene rings is 1. The predicted molar refractivity (Wildman–Crippen MR) is 84.6 cm³/mol. The van der Waals surface area contributed by atoms with Crippen molar-refractivity contribution in [3.63, 3.8) is 0 Å². The number of hydrogen-bond acceptors (Lipinski definition) is 1. The second-order valence-corrected chi connectivity index (χ2v) is 7.33. The van der Waals surface area contributed by atoms with Crippen LogP contribution >= 0.6 is 0 Å². The molecule has 1 aromatic rings. The van der Waals surface area contributed by atoms with Gasteiger partial charge in [0.15, 0.2) is 0 Å². The predicted octanol–water partition coefficient (Wildman–Crippen LogP) is 5.26. The Kier molecular flexibility index (Phi) is 4.54. The lowest BCUT2D eigenvalue weighted by Crippen LogP contribution is -2.28. The minimum atomic E-state index is 0.495. The largest absolute Gasteiger partial charge is 0.385 e. The molecule has 1 fully saturated rings. The van der Waals surface area contributed by atoms with E-state index < -0.39 is 0 Å². The first-order chi connectivity index (χ1) is 8.95. The Morgan fingerprint density at radius 3 is 2.11 bits per heavy atom. The minimum Gasteiger partial charge on any atom is -0.385 e. The number of hydrogen-bond donors (Lipinski definition) is 1. The molecule has 0 bridgehead atoms. The summed E-state index contributed by atoms with van der Waals surface area (Å²) in [6.45, 7) is 10.4. The Morgan fingerprint density at radius 2 is 1.58 bits per heavy atom. The molecule has 1 heteroatoms. The lowest BCUT2D eigenvalue weighted by atomic mass is 9.70. The van der Waals surface area contributed by atoms with Crippen molar-refractivity contribution in [1.29, 1.82) is 0 Å². The lowest BCUT2D eigenvalue weighted by molar-refractivity contribution is 0.153. The molecule has 0 saturated heterocycles. The second kappa shape index (κ2) is 5.98. The van der Waals surface area contributed by atoms with E-state index >= 15 is 0 Å². The molecule has 0 atom stereocenters. The number of anilines is 1. The minimum absolute atomic E-state index is 0.495. The number of aryl methyl sites for hydroxylation is 1. The molecule has 1 nitrogen and oxygen atoms in total. The topological polar surface area (TPSA) is 12.0 Å². The number of rotatable bonds is 3. The van der Waals surface area contributed by atoms with Gasteiger partial charge in [-0.15, -0.1) is 0 Å². The van der Waals surface area contributed by atoms with E-state index in [2.05, 4.69) is 57.3 Å². The lowest BCUT2D eigenvalue weighted by Gasteiger charge is -2.37. The zero-order valence-electron chi connectivity index (χ0n) is 13.0.